The zero-order chi connectivity index (χ0) is 29.5. The first-order valence-corrected chi connectivity index (χ1v) is 14.5. The number of hydrogen-bond donors (Lipinski definition) is 2. The number of likely N-dealkylation sites (tertiary alicyclic amines) is 1. The minimum atomic E-state index is -1.03. The SMILES string of the molecule is CC(C)=CC[C@H](N=C(c1ccccc1)c1cc(Cl)ccc1NC(=O)[C@@H]1CCCN1Cc1ccc(Cl)c(Cl)c1)C(=O)O. The minimum Gasteiger partial charge on any atom is -0.480 e. The van der Waals surface area contributed by atoms with Crippen molar-refractivity contribution < 1.29 is 14.7 Å². The van der Waals surface area contributed by atoms with Crippen molar-refractivity contribution in [3.05, 3.63) is 110 Å². The predicted molar refractivity (Wildman–Crippen MR) is 168 cm³/mol. The molecule has 2 atom stereocenters. The van der Waals surface area contributed by atoms with E-state index in [1.54, 1.807) is 24.3 Å². The molecule has 0 aliphatic carbocycles. The van der Waals surface area contributed by atoms with Crippen LogP contribution in [-0.2, 0) is 16.1 Å². The van der Waals surface area contributed by atoms with E-state index in [4.69, 9.17) is 39.8 Å². The summed E-state index contributed by atoms with van der Waals surface area (Å²) in [7, 11) is 0. The standard InChI is InChI=1S/C32H32Cl3N3O3/c1-20(2)10-14-28(32(40)41)36-30(22-7-4-3-5-8-22)24-18-23(33)12-15-27(24)37-31(39)29-9-6-16-38(29)19-21-11-13-25(34)26(35)17-21/h3-5,7-8,10-13,15,17-18,28-29H,6,9,14,16,19H2,1-2H3,(H,37,39)(H,40,41)/t28-,29-/m0/s1. The summed E-state index contributed by atoms with van der Waals surface area (Å²) in [6.45, 7) is 5.16. The van der Waals surface area contributed by atoms with Crippen molar-refractivity contribution in [1.82, 2.24) is 4.90 Å². The maximum Gasteiger partial charge on any atom is 0.328 e. The van der Waals surface area contributed by atoms with E-state index in [9.17, 15) is 14.7 Å². The quantitative estimate of drug-likeness (QED) is 0.180. The molecule has 1 amide bonds. The average Bonchev–Trinajstić information content (AvgIpc) is 3.40. The van der Waals surface area contributed by atoms with Crippen molar-refractivity contribution in [1.29, 1.82) is 0 Å². The molecule has 0 unspecified atom stereocenters. The molecular weight excluding hydrogens is 581 g/mol. The molecule has 1 saturated heterocycles. The van der Waals surface area contributed by atoms with Crippen LogP contribution in [0.3, 0.4) is 0 Å². The number of nitrogens with zero attached hydrogens (tertiary/aromatic N) is 2. The Morgan fingerprint density at radius 2 is 1.80 bits per heavy atom. The second-order valence-corrected chi connectivity index (χ2v) is 11.5. The van der Waals surface area contributed by atoms with Gasteiger partial charge in [0.05, 0.1) is 27.5 Å². The molecule has 214 valence electrons. The highest BCUT2D eigenvalue weighted by Gasteiger charge is 2.31. The van der Waals surface area contributed by atoms with Crippen LogP contribution in [0.1, 0.15) is 49.8 Å². The van der Waals surface area contributed by atoms with Crippen molar-refractivity contribution in [3.63, 3.8) is 0 Å². The van der Waals surface area contributed by atoms with Crippen LogP contribution < -0.4 is 5.32 Å². The number of aliphatic carboxylic acids is 1. The Bertz CT molecular complexity index is 1470. The van der Waals surface area contributed by atoms with Crippen molar-refractivity contribution >= 4 is 58.1 Å². The van der Waals surface area contributed by atoms with Gasteiger partial charge in [0.2, 0.25) is 5.91 Å². The van der Waals surface area contributed by atoms with Crippen LogP contribution in [0.2, 0.25) is 15.1 Å². The van der Waals surface area contributed by atoms with E-state index < -0.39 is 12.0 Å². The first-order valence-electron chi connectivity index (χ1n) is 13.4. The highest BCUT2D eigenvalue weighted by molar-refractivity contribution is 6.42. The van der Waals surface area contributed by atoms with Crippen molar-refractivity contribution in [2.24, 2.45) is 4.99 Å². The highest BCUT2D eigenvalue weighted by Crippen LogP contribution is 2.29. The number of rotatable bonds is 10. The number of hydrogen-bond acceptors (Lipinski definition) is 4. The predicted octanol–water partition coefficient (Wildman–Crippen LogP) is 7.90. The molecule has 3 aromatic carbocycles. The maximum atomic E-state index is 13.7. The van der Waals surface area contributed by atoms with Gasteiger partial charge in [0, 0.05) is 22.7 Å². The molecule has 1 heterocycles. The van der Waals surface area contributed by atoms with E-state index in [2.05, 4.69) is 10.2 Å². The summed E-state index contributed by atoms with van der Waals surface area (Å²) in [6.07, 6.45) is 3.68. The molecule has 9 heteroatoms. The normalized spacial score (nSPS) is 16.3. The summed E-state index contributed by atoms with van der Waals surface area (Å²) in [4.78, 5) is 32.7. The first-order chi connectivity index (χ1) is 19.6. The third-order valence-electron chi connectivity index (χ3n) is 6.90. The summed E-state index contributed by atoms with van der Waals surface area (Å²) in [5.74, 6) is -1.19. The number of carboxylic acid groups (broad SMARTS) is 1. The fraction of sp³-hybridized carbons (Fsp3) is 0.281. The summed E-state index contributed by atoms with van der Waals surface area (Å²) < 4.78 is 0. The van der Waals surface area contributed by atoms with Crippen LogP contribution in [-0.4, -0.2) is 46.2 Å². The highest BCUT2D eigenvalue weighted by atomic mass is 35.5. The maximum absolute atomic E-state index is 13.7. The lowest BCUT2D eigenvalue weighted by atomic mass is 9.99. The lowest BCUT2D eigenvalue weighted by molar-refractivity contribution is -0.138. The van der Waals surface area contributed by atoms with E-state index in [1.807, 2.05) is 62.4 Å². The van der Waals surface area contributed by atoms with Gasteiger partial charge in [-0.3, -0.25) is 14.7 Å². The number of nitrogens with one attached hydrogen (secondary N) is 1. The fourth-order valence-electron chi connectivity index (χ4n) is 4.83. The van der Waals surface area contributed by atoms with Crippen LogP contribution in [0.15, 0.2) is 83.4 Å². The number of carbonyl (C=O) groups excluding carboxylic acids is 1. The Balaban J connectivity index is 1.67. The molecule has 6 nitrogen and oxygen atoms in total. The third-order valence-corrected chi connectivity index (χ3v) is 7.87. The smallest absolute Gasteiger partial charge is 0.328 e. The van der Waals surface area contributed by atoms with Crippen LogP contribution in [0, 0.1) is 0 Å². The van der Waals surface area contributed by atoms with Gasteiger partial charge in [-0.2, -0.15) is 0 Å². The van der Waals surface area contributed by atoms with E-state index in [-0.39, 0.29) is 18.4 Å². The van der Waals surface area contributed by atoms with E-state index in [0.29, 0.717) is 45.0 Å². The van der Waals surface area contributed by atoms with Gasteiger partial charge < -0.3 is 10.4 Å². The van der Waals surface area contributed by atoms with Crippen molar-refractivity contribution in [2.45, 2.75) is 51.7 Å². The third kappa shape index (κ3) is 8.20. The van der Waals surface area contributed by atoms with Crippen molar-refractivity contribution in [3.8, 4) is 0 Å². The Labute approximate surface area is 255 Å². The van der Waals surface area contributed by atoms with Gasteiger partial charge in [-0.15, -0.1) is 0 Å². The topological polar surface area (TPSA) is 82.0 Å². The van der Waals surface area contributed by atoms with Gasteiger partial charge in [0.25, 0.3) is 0 Å². The fourth-order valence-corrected chi connectivity index (χ4v) is 5.32. The first kappa shape index (κ1) is 30.8. The monoisotopic (exact) mass is 611 g/mol. The zero-order valence-electron chi connectivity index (χ0n) is 22.9. The van der Waals surface area contributed by atoms with E-state index in [1.165, 1.54) is 0 Å². The molecule has 0 saturated carbocycles. The summed E-state index contributed by atoms with van der Waals surface area (Å²) >= 11 is 18.7. The van der Waals surface area contributed by atoms with Gasteiger partial charge in [-0.1, -0.05) is 82.9 Å². The Morgan fingerprint density at radius 3 is 2.49 bits per heavy atom. The number of halogens is 3. The number of benzene rings is 3. The average molecular weight is 613 g/mol. The zero-order valence-corrected chi connectivity index (χ0v) is 25.2. The van der Waals surface area contributed by atoms with Gasteiger partial charge in [0.1, 0.15) is 0 Å². The van der Waals surface area contributed by atoms with Crippen LogP contribution in [0.25, 0.3) is 0 Å². The molecular formula is C32H32Cl3N3O3. The molecule has 1 aliphatic heterocycles. The molecule has 2 N–H and O–H groups in total. The minimum absolute atomic E-state index is 0.155. The van der Waals surface area contributed by atoms with Crippen LogP contribution in [0.5, 0.6) is 0 Å². The van der Waals surface area contributed by atoms with Gasteiger partial charge in [-0.25, -0.2) is 4.79 Å². The summed E-state index contributed by atoms with van der Waals surface area (Å²) in [5.41, 5.74) is 4.20. The number of amides is 1. The number of anilines is 1. The second-order valence-electron chi connectivity index (χ2n) is 10.3. The number of allylic oxidation sites excluding steroid dienone is 1. The van der Waals surface area contributed by atoms with Crippen LogP contribution in [0.4, 0.5) is 5.69 Å². The second kappa shape index (κ2) is 14.1. The number of carbonyl (C=O) groups is 2. The molecule has 1 aliphatic rings. The molecule has 0 radical (unpaired) electrons. The molecule has 0 spiro atoms. The summed E-state index contributed by atoms with van der Waals surface area (Å²) in [6, 6.07) is 18.6. The molecule has 1 fully saturated rings. The van der Waals surface area contributed by atoms with Crippen molar-refractivity contribution in [2.75, 3.05) is 11.9 Å². The molecule has 4 rings (SSSR count). The van der Waals surface area contributed by atoms with Gasteiger partial charge in [-0.05, 0) is 75.5 Å². The number of carboxylic acids is 1. The molecule has 0 bridgehead atoms. The lowest BCUT2D eigenvalue weighted by Crippen LogP contribution is -2.39. The van der Waals surface area contributed by atoms with E-state index >= 15 is 0 Å². The lowest BCUT2D eigenvalue weighted by Gasteiger charge is -2.25. The van der Waals surface area contributed by atoms with Crippen LogP contribution >= 0.6 is 34.8 Å². The van der Waals surface area contributed by atoms with Gasteiger partial charge >= 0.3 is 5.97 Å². The number of aliphatic imine (C=N–C) groups is 1. The molecule has 41 heavy (non-hydrogen) atoms. The Hall–Kier alpha value is -3.16. The van der Waals surface area contributed by atoms with E-state index in [0.717, 1.165) is 29.7 Å². The Kier molecular flexibility index (Phi) is 10.6. The molecule has 0 aromatic heterocycles. The molecule has 3 aromatic rings. The Morgan fingerprint density at radius 1 is 1.05 bits per heavy atom. The largest absolute Gasteiger partial charge is 0.480 e. The van der Waals surface area contributed by atoms with Gasteiger partial charge in [0.15, 0.2) is 6.04 Å². The summed E-state index contributed by atoms with van der Waals surface area (Å²) in [5, 5.41) is 14.5.